The van der Waals surface area contributed by atoms with Crippen LogP contribution in [0.2, 0.25) is 0 Å². The molecule has 3 aliphatic carbocycles. The summed E-state index contributed by atoms with van der Waals surface area (Å²) in [5.41, 5.74) is 2.33. The number of carbonyl (C=O) groups excluding carboxylic acids is 1. The molecule has 1 heterocycles. The molecule has 1 amide bonds. The summed E-state index contributed by atoms with van der Waals surface area (Å²) < 4.78 is 3.10. The highest BCUT2D eigenvalue weighted by atomic mass is 79.9. The summed E-state index contributed by atoms with van der Waals surface area (Å²) in [6.07, 6.45) is 10.4. The molecule has 1 aromatic heterocycles. The highest BCUT2D eigenvalue weighted by Crippen LogP contribution is 2.52. The molecular formula is C19H23BrN2O. The van der Waals surface area contributed by atoms with E-state index in [2.05, 4.69) is 31.9 Å². The topological polar surface area (TPSA) is 34.0 Å². The Labute approximate surface area is 145 Å². The lowest BCUT2D eigenvalue weighted by atomic mass is 9.59. The first-order chi connectivity index (χ1) is 11.1. The molecule has 5 rings (SSSR count). The average molecular weight is 375 g/mol. The van der Waals surface area contributed by atoms with Gasteiger partial charge in [-0.1, -0.05) is 22.0 Å². The summed E-state index contributed by atoms with van der Waals surface area (Å²) in [5.74, 6) is 1.11. The summed E-state index contributed by atoms with van der Waals surface area (Å²) in [6, 6.07) is 6.13. The number of rotatable bonds is 3. The van der Waals surface area contributed by atoms with E-state index in [-0.39, 0.29) is 11.3 Å². The Bertz CT molecular complexity index is 742. The van der Waals surface area contributed by atoms with E-state index >= 15 is 0 Å². The van der Waals surface area contributed by atoms with Gasteiger partial charge in [-0.2, -0.15) is 0 Å². The van der Waals surface area contributed by atoms with Crippen molar-refractivity contribution in [3.8, 4) is 0 Å². The molecule has 23 heavy (non-hydrogen) atoms. The summed E-state index contributed by atoms with van der Waals surface area (Å²) in [7, 11) is 2.02. The van der Waals surface area contributed by atoms with Crippen LogP contribution in [-0.4, -0.2) is 10.5 Å². The Kier molecular flexibility index (Phi) is 3.75. The third kappa shape index (κ3) is 2.71. The lowest BCUT2D eigenvalue weighted by molar-refractivity contribution is -0.120. The van der Waals surface area contributed by atoms with Crippen molar-refractivity contribution >= 4 is 38.4 Å². The molecule has 4 heteroatoms. The zero-order chi connectivity index (χ0) is 16.0. The Hall–Kier alpha value is -1.29. The molecule has 3 fully saturated rings. The van der Waals surface area contributed by atoms with E-state index in [1.54, 1.807) is 0 Å². The first-order valence-electron chi connectivity index (χ1n) is 8.60. The molecule has 0 saturated heterocycles. The standard InChI is InChI=1S/C19H23BrN2O/c1-22-12-15(18-14(20)3-2-4-16(18)22)21-17(23)11-19-8-5-13(6-9-19)7-10-19/h2-4,12-13H,5-11H2,1H3,(H,21,23). The third-order valence-electron chi connectivity index (χ3n) is 6.02. The van der Waals surface area contributed by atoms with E-state index in [0.717, 1.165) is 27.0 Å². The van der Waals surface area contributed by atoms with E-state index in [1.165, 1.54) is 38.5 Å². The predicted molar refractivity (Wildman–Crippen MR) is 97.5 cm³/mol. The van der Waals surface area contributed by atoms with Crippen LogP contribution < -0.4 is 5.32 Å². The number of hydrogen-bond acceptors (Lipinski definition) is 1. The van der Waals surface area contributed by atoms with Crippen molar-refractivity contribution in [1.29, 1.82) is 0 Å². The van der Waals surface area contributed by atoms with Crippen LogP contribution in [0.15, 0.2) is 28.9 Å². The van der Waals surface area contributed by atoms with E-state index in [9.17, 15) is 4.79 Å². The van der Waals surface area contributed by atoms with Gasteiger partial charge in [0.15, 0.2) is 0 Å². The number of carbonyl (C=O) groups is 1. The lowest BCUT2D eigenvalue weighted by Gasteiger charge is -2.46. The Morgan fingerprint density at radius 1 is 1.30 bits per heavy atom. The quantitative estimate of drug-likeness (QED) is 0.782. The molecule has 1 N–H and O–H groups in total. The minimum absolute atomic E-state index is 0.175. The van der Waals surface area contributed by atoms with Crippen LogP contribution >= 0.6 is 15.9 Å². The number of aromatic nitrogens is 1. The first kappa shape index (κ1) is 15.3. The van der Waals surface area contributed by atoms with Crippen molar-refractivity contribution in [1.82, 2.24) is 4.57 Å². The van der Waals surface area contributed by atoms with Gasteiger partial charge in [0.2, 0.25) is 5.91 Å². The van der Waals surface area contributed by atoms with Gasteiger partial charge < -0.3 is 9.88 Å². The number of aryl methyl sites for hydroxylation is 1. The highest BCUT2D eigenvalue weighted by Gasteiger charge is 2.41. The summed E-state index contributed by atoms with van der Waals surface area (Å²) in [4.78, 5) is 12.7. The average Bonchev–Trinajstić information content (AvgIpc) is 2.86. The molecule has 0 aliphatic heterocycles. The fourth-order valence-corrected chi connectivity index (χ4v) is 5.20. The van der Waals surface area contributed by atoms with Gasteiger partial charge in [-0.3, -0.25) is 4.79 Å². The van der Waals surface area contributed by atoms with Crippen molar-refractivity contribution in [2.24, 2.45) is 18.4 Å². The zero-order valence-electron chi connectivity index (χ0n) is 13.6. The number of anilines is 1. The van der Waals surface area contributed by atoms with Crippen LogP contribution in [0.25, 0.3) is 10.9 Å². The van der Waals surface area contributed by atoms with Crippen LogP contribution in [-0.2, 0) is 11.8 Å². The molecule has 0 atom stereocenters. The Morgan fingerprint density at radius 3 is 2.70 bits per heavy atom. The second-order valence-electron chi connectivity index (χ2n) is 7.49. The van der Waals surface area contributed by atoms with Gasteiger partial charge in [0.1, 0.15) is 0 Å². The van der Waals surface area contributed by atoms with E-state index in [4.69, 9.17) is 0 Å². The van der Waals surface area contributed by atoms with E-state index in [0.29, 0.717) is 6.42 Å². The Balaban J connectivity index is 1.55. The van der Waals surface area contributed by atoms with Gasteiger partial charge >= 0.3 is 0 Å². The highest BCUT2D eigenvalue weighted by molar-refractivity contribution is 9.10. The fourth-order valence-electron chi connectivity index (χ4n) is 4.63. The second kappa shape index (κ2) is 5.66. The number of fused-ring (bicyclic) bond motifs is 4. The minimum atomic E-state index is 0.175. The van der Waals surface area contributed by atoms with Crippen molar-refractivity contribution < 1.29 is 4.79 Å². The number of benzene rings is 1. The van der Waals surface area contributed by atoms with Crippen LogP contribution in [0, 0.1) is 11.3 Å². The Morgan fingerprint density at radius 2 is 2.00 bits per heavy atom. The van der Waals surface area contributed by atoms with Gasteiger partial charge in [0.25, 0.3) is 0 Å². The summed E-state index contributed by atoms with van der Waals surface area (Å²) >= 11 is 3.62. The maximum Gasteiger partial charge on any atom is 0.224 e. The molecule has 0 radical (unpaired) electrons. The van der Waals surface area contributed by atoms with Crippen molar-refractivity contribution in [3.05, 3.63) is 28.9 Å². The fraction of sp³-hybridized carbons (Fsp3) is 0.526. The maximum atomic E-state index is 12.7. The summed E-state index contributed by atoms with van der Waals surface area (Å²) in [5, 5.41) is 4.27. The van der Waals surface area contributed by atoms with Crippen molar-refractivity contribution in [2.75, 3.05) is 5.32 Å². The van der Waals surface area contributed by atoms with E-state index < -0.39 is 0 Å². The van der Waals surface area contributed by atoms with Crippen LogP contribution in [0.3, 0.4) is 0 Å². The van der Waals surface area contributed by atoms with Crippen LogP contribution in [0.5, 0.6) is 0 Å². The lowest BCUT2D eigenvalue weighted by Crippen LogP contribution is -2.37. The van der Waals surface area contributed by atoms with Gasteiger partial charge in [0.05, 0.1) is 11.2 Å². The number of hydrogen-bond donors (Lipinski definition) is 1. The van der Waals surface area contributed by atoms with Crippen molar-refractivity contribution in [2.45, 2.75) is 44.9 Å². The SMILES string of the molecule is Cn1cc(NC(=O)CC23CCC(CC2)CC3)c2c(Br)cccc21. The van der Waals surface area contributed by atoms with Gasteiger partial charge in [0, 0.05) is 29.5 Å². The molecule has 0 unspecified atom stereocenters. The third-order valence-corrected chi connectivity index (χ3v) is 6.68. The van der Waals surface area contributed by atoms with E-state index in [1.807, 2.05) is 25.4 Å². The van der Waals surface area contributed by atoms with Crippen LogP contribution in [0.1, 0.15) is 44.9 Å². The molecule has 122 valence electrons. The molecular weight excluding hydrogens is 352 g/mol. The van der Waals surface area contributed by atoms with Gasteiger partial charge in [-0.25, -0.2) is 0 Å². The first-order valence-corrected chi connectivity index (χ1v) is 9.39. The predicted octanol–water partition coefficient (Wildman–Crippen LogP) is 5.24. The maximum absolute atomic E-state index is 12.7. The molecule has 1 aromatic carbocycles. The largest absolute Gasteiger partial charge is 0.348 e. The summed E-state index contributed by atoms with van der Waals surface area (Å²) in [6.45, 7) is 0. The van der Waals surface area contributed by atoms with Crippen LogP contribution in [0.4, 0.5) is 5.69 Å². The number of amides is 1. The minimum Gasteiger partial charge on any atom is -0.348 e. The molecule has 3 aliphatic rings. The van der Waals surface area contributed by atoms with Gasteiger partial charge in [-0.05, 0) is 62.0 Å². The molecule has 3 saturated carbocycles. The number of halogens is 1. The molecule has 2 bridgehead atoms. The van der Waals surface area contributed by atoms with Crippen molar-refractivity contribution in [3.63, 3.8) is 0 Å². The zero-order valence-corrected chi connectivity index (χ0v) is 15.2. The smallest absolute Gasteiger partial charge is 0.224 e. The number of nitrogens with zero attached hydrogens (tertiary/aromatic N) is 1. The van der Waals surface area contributed by atoms with Gasteiger partial charge in [-0.15, -0.1) is 0 Å². The number of nitrogens with one attached hydrogen (secondary N) is 1. The normalized spacial score (nSPS) is 26.6. The molecule has 3 nitrogen and oxygen atoms in total. The second-order valence-corrected chi connectivity index (χ2v) is 8.35. The molecule has 0 spiro atoms. The molecule has 2 aromatic rings. The monoisotopic (exact) mass is 374 g/mol.